The highest BCUT2D eigenvalue weighted by Gasteiger charge is 2.22. The number of carbonyl (C=O) groups is 1. The Morgan fingerprint density at radius 1 is 1.02 bits per heavy atom. The fraction of sp³-hybridized carbons (Fsp3) is 0.406. The van der Waals surface area contributed by atoms with Gasteiger partial charge in [0.25, 0.3) is 0 Å². The molecule has 10 heteroatoms. The fourth-order valence-electron chi connectivity index (χ4n) is 5.60. The van der Waals surface area contributed by atoms with Crippen molar-refractivity contribution in [2.75, 3.05) is 23.3 Å². The summed E-state index contributed by atoms with van der Waals surface area (Å²) >= 11 is 0. The third-order valence-electron chi connectivity index (χ3n) is 7.92. The van der Waals surface area contributed by atoms with E-state index in [1.165, 1.54) is 31.4 Å². The second-order valence-corrected chi connectivity index (χ2v) is 11.3. The lowest BCUT2D eigenvalue weighted by molar-refractivity contribution is 0.100. The zero-order chi connectivity index (χ0) is 29.5. The van der Waals surface area contributed by atoms with Crippen molar-refractivity contribution < 1.29 is 9.32 Å². The van der Waals surface area contributed by atoms with Gasteiger partial charge in [0, 0.05) is 43.9 Å². The van der Waals surface area contributed by atoms with Gasteiger partial charge in [-0.05, 0) is 79.1 Å². The Labute approximate surface area is 246 Å². The Bertz CT molecular complexity index is 1470. The molecule has 5 N–H and O–H groups in total. The van der Waals surface area contributed by atoms with Crippen molar-refractivity contribution >= 4 is 17.4 Å². The summed E-state index contributed by atoms with van der Waals surface area (Å²) in [7, 11) is 0. The van der Waals surface area contributed by atoms with E-state index in [9.17, 15) is 4.79 Å². The molecule has 0 unspecified atom stereocenters. The highest BCUT2D eigenvalue weighted by molar-refractivity contribution is 5.94. The second-order valence-electron chi connectivity index (χ2n) is 11.3. The summed E-state index contributed by atoms with van der Waals surface area (Å²) < 4.78 is 4.97. The highest BCUT2D eigenvalue weighted by Crippen LogP contribution is 2.26. The van der Waals surface area contributed by atoms with Crippen LogP contribution in [0.25, 0.3) is 22.6 Å². The summed E-state index contributed by atoms with van der Waals surface area (Å²) in [5.41, 5.74) is 15.9. The van der Waals surface area contributed by atoms with E-state index in [-0.39, 0.29) is 12.1 Å². The maximum atomic E-state index is 11.3. The molecule has 1 saturated carbocycles. The van der Waals surface area contributed by atoms with E-state index in [1.54, 1.807) is 25.3 Å². The number of benzene rings is 1. The number of nitrogens with one attached hydrogen (secondary N) is 1. The summed E-state index contributed by atoms with van der Waals surface area (Å²) in [5, 5.41) is 7.33. The van der Waals surface area contributed by atoms with Crippen molar-refractivity contribution in [1.82, 2.24) is 20.1 Å². The molecule has 1 aliphatic heterocycles. The van der Waals surface area contributed by atoms with Gasteiger partial charge in [-0.15, -0.1) is 0 Å². The van der Waals surface area contributed by atoms with Crippen LogP contribution in [0.2, 0.25) is 0 Å². The van der Waals surface area contributed by atoms with Crippen LogP contribution in [0.15, 0.2) is 65.4 Å². The van der Waals surface area contributed by atoms with Crippen LogP contribution in [0.5, 0.6) is 0 Å². The van der Waals surface area contributed by atoms with Gasteiger partial charge in [-0.3, -0.25) is 9.78 Å². The zero-order valence-electron chi connectivity index (χ0n) is 24.4. The SMILES string of the molecule is Cc1nc(-c2ccc(N3CCC[C@@H](C)C3)cn2)no1.NC(=O)c1cccc(-c2ccnc(N[C@@H]3CCCC[C@H]3N)c2)c1. The minimum Gasteiger partial charge on any atom is -0.370 e. The first-order chi connectivity index (χ1) is 20.4. The summed E-state index contributed by atoms with van der Waals surface area (Å²) in [5.74, 6) is 2.26. The van der Waals surface area contributed by atoms with Gasteiger partial charge in [0.1, 0.15) is 11.5 Å². The predicted octanol–water partition coefficient (Wildman–Crippen LogP) is 5.21. The molecule has 220 valence electrons. The summed E-state index contributed by atoms with van der Waals surface area (Å²) in [6.45, 7) is 6.31. The number of primary amides is 1. The average Bonchev–Trinajstić information content (AvgIpc) is 3.45. The molecular weight excluding hydrogens is 528 g/mol. The van der Waals surface area contributed by atoms with Crippen molar-refractivity contribution in [2.45, 2.75) is 64.5 Å². The standard InChI is InChI=1S/C18H22N4O.C14H18N4O/c19-15-6-1-2-7-16(15)22-17-11-13(8-9-21-17)12-4-3-5-14(10-12)18(20)23;1-10-4-3-7-18(9-10)12-5-6-13(15-8-12)14-16-11(2)19-17-14/h3-5,8-11,15-16H,1-2,6-7,19H2,(H2,20,23)(H,21,22);5-6,8,10H,3-4,7,9H2,1-2H3/t15-,16-;10-/m11/s1. The van der Waals surface area contributed by atoms with Gasteiger partial charge in [0.05, 0.1) is 11.9 Å². The number of piperidine rings is 1. The number of pyridine rings is 2. The number of nitrogens with two attached hydrogens (primary N) is 2. The molecule has 10 nitrogen and oxygen atoms in total. The molecule has 2 fully saturated rings. The number of anilines is 2. The lowest BCUT2D eigenvalue weighted by Gasteiger charge is -2.32. The molecule has 0 spiro atoms. The Hall–Kier alpha value is -4.31. The number of hydrogen-bond donors (Lipinski definition) is 3. The van der Waals surface area contributed by atoms with Crippen LogP contribution in [-0.4, -0.2) is 51.2 Å². The monoisotopic (exact) mass is 568 g/mol. The highest BCUT2D eigenvalue weighted by atomic mass is 16.5. The molecule has 1 aliphatic carbocycles. The van der Waals surface area contributed by atoms with Crippen LogP contribution >= 0.6 is 0 Å². The van der Waals surface area contributed by atoms with E-state index in [4.69, 9.17) is 16.0 Å². The third-order valence-corrected chi connectivity index (χ3v) is 7.92. The van der Waals surface area contributed by atoms with Gasteiger partial charge >= 0.3 is 0 Å². The van der Waals surface area contributed by atoms with E-state index in [2.05, 4.69) is 43.3 Å². The topological polar surface area (TPSA) is 149 Å². The van der Waals surface area contributed by atoms with Crippen LogP contribution < -0.4 is 21.7 Å². The summed E-state index contributed by atoms with van der Waals surface area (Å²) in [4.78, 5) is 26.7. The van der Waals surface area contributed by atoms with Crippen molar-refractivity contribution in [2.24, 2.45) is 17.4 Å². The molecule has 1 amide bonds. The van der Waals surface area contributed by atoms with Crippen LogP contribution in [0.3, 0.4) is 0 Å². The number of aromatic nitrogens is 4. The lowest BCUT2D eigenvalue weighted by atomic mass is 9.91. The zero-order valence-corrected chi connectivity index (χ0v) is 24.4. The van der Waals surface area contributed by atoms with Gasteiger partial charge in [-0.1, -0.05) is 37.1 Å². The Kier molecular flexibility index (Phi) is 9.43. The molecule has 6 rings (SSSR count). The maximum absolute atomic E-state index is 11.3. The summed E-state index contributed by atoms with van der Waals surface area (Å²) in [6.07, 6.45) is 10.8. The van der Waals surface area contributed by atoms with Gasteiger partial charge in [-0.2, -0.15) is 4.98 Å². The maximum Gasteiger partial charge on any atom is 0.248 e. The van der Waals surface area contributed by atoms with Gasteiger partial charge in [0.15, 0.2) is 0 Å². The Morgan fingerprint density at radius 2 is 1.86 bits per heavy atom. The third kappa shape index (κ3) is 7.50. The van der Waals surface area contributed by atoms with Crippen LogP contribution in [0.1, 0.15) is 61.7 Å². The number of hydrogen-bond acceptors (Lipinski definition) is 9. The quantitative estimate of drug-likeness (QED) is 0.285. The molecule has 1 saturated heterocycles. The molecule has 42 heavy (non-hydrogen) atoms. The van der Waals surface area contributed by atoms with E-state index in [0.717, 1.165) is 54.5 Å². The number of amides is 1. The minimum atomic E-state index is -0.424. The summed E-state index contributed by atoms with van der Waals surface area (Å²) in [6, 6.07) is 15.7. The average molecular weight is 569 g/mol. The van der Waals surface area contributed by atoms with Crippen LogP contribution in [0, 0.1) is 12.8 Å². The van der Waals surface area contributed by atoms with Gasteiger partial charge < -0.3 is 26.2 Å². The molecule has 2 aliphatic rings. The van der Waals surface area contributed by atoms with Crippen molar-refractivity contribution in [3.8, 4) is 22.6 Å². The molecule has 4 heterocycles. The number of aryl methyl sites for hydroxylation is 1. The lowest BCUT2D eigenvalue weighted by Crippen LogP contribution is -2.42. The molecule has 3 atom stereocenters. The van der Waals surface area contributed by atoms with E-state index < -0.39 is 5.91 Å². The molecular formula is C32H40N8O2. The smallest absolute Gasteiger partial charge is 0.248 e. The van der Waals surface area contributed by atoms with Crippen molar-refractivity contribution in [3.63, 3.8) is 0 Å². The van der Waals surface area contributed by atoms with Crippen molar-refractivity contribution in [3.05, 3.63) is 72.4 Å². The first-order valence-corrected chi connectivity index (χ1v) is 14.8. The molecule has 0 bridgehead atoms. The molecule has 4 aromatic rings. The fourth-order valence-corrected chi connectivity index (χ4v) is 5.60. The molecule has 1 aromatic carbocycles. The minimum absolute atomic E-state index is 0.174. The van der Waals surface area contributed by atoms with Crippen molar-refractivity contribution in [1.29, 1.82) is 0 Å². The van der Waals surface area contributed by atoms with Gasteiger partial charge in [-0.25, -0.2) is 4.98 Å². The Morgan fingerprint density at radius 3 is 2.57 bits per heavy atom. The van der Waals surface area contributed by atoms with Crippen LogP contribution in [-0.2, 0) is 0 Å². The first kappa shape index (κ1) is 29.2. The molecule has 0 radical (unpaired) electrons. The first-order valence-electron chi connectivity index (χ1n) is 14.8. The Balaban J connectivity index is 0.000000171. The number of rotatable bonds is 6. The van der Waals surface area contributed by atoms with Crippen LogP contribution in [0.4, 0.5) is 11.5 Å². The predicted molar refractivity (Wildman–Crippen MR) is 165 cm³/mol. The van der Waals surface area contributed by atoms with E-state index in [0.29, 0.717) is 17.3 Å². The van der Waals surface area contributed by atoms with E-state index in [1.807, 2.05) is 36.5 Å². The second kappa shape index (κ2) is 13.6. The normalized spacial score (nSPS) is 20.4. The molecule has 3 aromatic heterocycles. The van der Waals surface area contributed by atoms with Gasteiger partial charge in [0.2, 0.25) is 17.6 Å². The number of nitrogens with zero attached hydrogens (tertiary/aromatic N) is 5. The number of carbonyl (C=O) groups excluding carboxylic acids is 1. The largest absolute Gasteiger partial charge is 0.370 e. The van der Waals surface area contributed by atoms with E-state index >= 15 is 0 Å².